The first-order chi connectivity index (χ1) is 9.47. The number of hydrogen-bond donors (Lipinski definition) is 2. The summed E-state index contributed by atoms with van der Waals surface area (Å²) in [7, 11) is -0.813. The zero-order valence-corrected chi connectivity index (χ0v) is 13.4. The van der Waals surface area contributed by atoms with E-state index in [2.05, 4.69) is 20.3 Å². The van der Waals surface area contributed by atoms with E-state index in [4.69, 9.17) is 5.73 Å². The molecule has 0 amide bonds. The molecular formula is C12H24N6OS. The van der Waals surface area contributed by atoms with Crippen LogP contribution in [0, 0.1) is 0 Å². The van der Waals surface area contributed by atoms with Crippen molar-refractivity contribution in [1.29, 1.82) is 0 Å². The van der Waals surface area contributed by atoms with Gasteiger partial charge in [0.05, 0.1) is 0 Å². The van der Waals surface area contributed by atoms with Gasteiger partial charge < -0.3 is 16.0 Å². The van der Waals surface area contributed by atoms with Gasteiger partial charge in [-0.2, -0.15) is 15.0 Å². The van der Waals surface area contributed by atoms with E-state index in [9.17, 15) is 4.21 Å². The first-order valence-corrected chi connectivity index (χ1v) is 8.42. The van der Waals surface area contributed by atoms with Gasteiger partial charge in [-0.05, 0) is 20.3 Å². The Bertz CT molecular complexity index is 452. The zero-order valence-electron chi connectivity index (χ0n) is 12.6. The summed E-state index contributed by atoms with van der Waals surface area (Å²) in [6.07, 6.45) is 2.50. The van der Waals surface area contributed by atoms with Crippen molar-refractivity contribution in [2.24, 2.45) is 0 Å². The van der Waals surface area contributed by atoms with Crippen LogP contribution in [0.5, 0.6) is 0 Å². The van der Waals surface area contributed by atoms with Gasteiger partial charge in [-0.25, -0.2) is 0 Å². The van der Waals surface area contributed by atoms with Crippen molar-refractivity contribution < 1.29 is 4.21 Å². The van der Waals surface area contributed by atoms with Gasteiger partial charge in [-0.1, -0.05) is 6.92 Å². The quantitative estimate of drug-likeness (QED) is 0.735. The van der Waals surface area contributed by atoms with E-state index >= 15 is 0 Å². The number of rotatable bonds is 8. The van der Waals surface area contributed by atoms with Crippen molar-refractivity contribution in [3.05, 3.63) is 0 Å². The van der Waals surface area contributed by atoms with Crippen LogP contribution in [0.4, 0.5) is 17.8 Å². The fourth-order valence-electron chi connectivity index (χ4n) is 1.66. The highest BCUT2D eigenvalue weighted by atomic mass is 32.2. The molecule has 0 saturated carbocycles. The van der Waals surface area contributed by atoms with Gasteiger partial charge in [0.2, 0.25) is 17.8 Å². The molecule has 0 saturated heterocycles. The number of anilines is 3. The molecule has 0 aliphatic heterocycles. The number of nitrogens with two attached hydrogens (primary N) is 1. The standard InChI is InChI=1S/C12H24N6OS/c1-5-18(6-2)12-16-10(13)15-11(17-12)14-8-7-9(3)20(4)19/h9H,5-8H2,1-4H3,(H3,13,14,15,16,17). The van der Waals surface area contributed by atoms with E-state index in [1.54, 1.807) is 6.26 Å². The Morgan fingerprint density at radius 3 is 2.50 bits per heavy atom. The fraction of sp³-hybridized carbons (Fsp3) is 0.750. The normalized spacial score (nSPS) is 13.8. The maximum atomic E-state index is 11.3. The third kappa shape index (κ3) is 4.92. The lowest BCUT2D eigenvalue weighted by Crippen LogP contribution is -2.25. The summed E-state index contributed by atoms with van der Waals surface area (Å²) in [5.41, 5.74) is 5.71. The first kappa shape index (κ1) is 16.6. The lowest BCUT2D eigenvalue weighted by atomic mass is 10.3. The van der Waals surface area contributed by atoms with Crippen molar-refractivity contribution >= 4 is 28.6 Å². The largest absolute Gasteiger partial charge is 0.368 e. The molecule has 2 unspecified atom stereocenters. The van der Waals surface area contributed by atoms with Crippen molar-refractivity contribution in [2.75, 3.05) is 41.8 Å². The highest BCUT2D eigenvalue weighted by molar-refractivity contribution is 7.84. The molecule has 0 aliphatic rings. The zero-order chi connectivity index (χ0) is 15.1. The van der Waals surface area contributed by atoms with Crippen molar-refractivity contribution in [2.45, 2.75) is 32.4 Å². The number of aromatic nitrogens is 3. The Kier molecular flexibility index (Phi) is 6.63. The Labute approximate surface area is 122 Å². The summed E-state index contributed by atoms with van der Waals surface area (Å²) < 4.78 is 11.3. The number of nitrogen functional groups attached to an aromatic ring is 1. The molecule has 1 aromatic heterocycles. The summed E-state index contributed by atoms with van der Waals surface area (Å²) in [6, 6.07) is 0. The van der Waals surface area contributed by atoms with Crippen LogP contribution in [0.2, 0.25) is 0 Å². The van der Waals surface area contributed by atoms with Gasteiger partial charge >= 0.3 is 0 Å². The van der Waals surface area contributed by atoms with Crippen LogP contribution in [0.25, 0.3) is 0 Å². The molecule has 1 heterocycles. The molecule has 8 heteroatoms. The summed E-state index contributed by atoms with van der Waals surface area (Å²) in [6.45, 7) is 8.31. The number of hydrogen-bond acceptors (Lipinski definition) is 7. The monoisotopic (exact) mass is 300 g/mol. The van der Waals surface area contributed by atoms with Crippen LogP contribution in [0.1, 0.15) is 27.2 Å². The highest BCUT2D eigenvalue weighted by Crippen LogP contribution is 2.11. The predicted molar refractivity (Wildman–Crippen MR) is 84.4 cm³/mol. The third-order valence-electron chi connectivity index (χ3n) is 3.09. The minimum absolute atomic E-state index is 0.143. The molecule has 0 aliphatic carbocycles. The van der Waals surface area contributed by atoms with E-state index in [1.165, 1.54) is 0 Å². The molecule has 7 nitrogen and oxygen atoms in total. The number of nitrogens with one attached hydrogen (secondary N) is 1. The molecule has 1 rings (SSSR count). The van der Waals surface area contributed by atoms with E-state index in [-0.39, 0.29) is 11.2 Å². The minimum atomic E-state index is -0.813. The van der Waals surface area contributed by atoms with Gasteiger partial charge in [0.15, 0.2) is 0 Å². The number of nitrogens with zero attached hydrogens (tertiary/aromatic N) is 4. The van der Waals surface area contributed by atoms with E-state index in [0.717, 1.165) is 19.5 Å². The van der Waals surface area contributed by atoms with Gasteiger partial charge in [-0.15, -0.1) is 0 Å². The van der Waals surface area contributed by atoms with E-state index < -0.39 is 10.8 Å². The molecule has 3 N–H and O–H groups in total. The third-order valence-corrected chi connectivity index (χ3v) is 4.46. The van der Waals surface area contributed by atoms with Gasteiger partial charge in [0.1, 0.15) is 0 Å². The summed E-state index contributed by atoms with van der Waals surface area (Å²) in [5, 5.41) is 3.25. The fourth-order valence-corrected chi connectivity index (χ4v) is 2.11. The second-order valence-electron chi connectivity index (χ2n) is 4.51. The molecule has 0 fully saturated rings. The van der Waals surface area contributed by atoms with Crippen LogP contribution in [-0.4, -0.2) is 50.3 Å². The Balaban J connectivity index is 2.68. The first-order valence-electron chi connectivity index (χ1n) is 6.80. The summed E-state index contributed by atoms with van der Waals surface area (Å²) >= 11 is 0. The average molecular weight is 300 g/mol. The smallest absolute Gasteiger partial charge is 0.231 e. The van der Waals surface area contributed by atoms with Crippen molar-refractivity contribution in [1.82, 2.24) is 15.0 Å². The molecule has 114 valence electrons. The van der Waals surface area contributed by atoms with Crippen molar-refractivity contribution in [3.8, 4) is 0 Å². The van der Waals surface area contributed by atoms with Crippen LogP contribution >= 0.6 is 0 Å². The van der Waals surface area contributed by atoms with Gasteiger partial charge in [0.25, 0.3) is 0 Å². The van der Waals surface area contributed by atoms with E-state index in [1.807, 2.05) is 25.7 Å². The van der Waals surface area contributed by atoms with Gasteiger partial charge in [-0.3, -0.25) is 4.21 Å². The molecule has 1 aromatic rings. The van der Waals surface area contributed by atoms with Crippen LogP contribution in [-0.2, 0) is 10.8 Å². The second kappa shape index (κ2) is 7.98. The predicted octanol–water partition coefficient (Wildman–Crippen LogP) is 0.869. The van der Waals surface area contributed by atoms with Crippen LogP contribution in [0.3, 0.4) is 0 Å². The van der Waals surface area contributed by atoms with Crippen LogP contribution < -0.4 is 16.0 Å². The lowest BCUT2D eigenvalue weighted by Gasteiger charge is -2.19. The second-order valence-corrected chi connectivity index (χ2v) is 6.32. The molecule has 0 spiro atoms. The van der Waals surface area contributed by atoms with Gasteiger partial charge in [0, 0.05) is 41.9 Å². The maximum absolute atomic E-state index is 11.3. The summed E-state index contributed by atoms with van der Waals surface area (Å²) in [5.74, 6) is 1.25. The molecule has 0 aromatic carbocycles. The van der Waals surface area contributed by atoms with Crippen molar-refractivity contribution in [3.63, 3.8) is 0 Å². The Morgan fingerprint density at radius 2 is 1.95 bits per heavy atom. The minimum Gasteiger partial charge on any atom is -0.368 e. The van der Waals surface area contributed by atoms with E-state index in [0.29, 0.717) is 18.4 Å². The SMILES string of the molecule is CCN(CC)c1nc(N)nc(NCCC(C)S(C)=O)n1. The molecular weight excluding hydrogens is 276 g/mol. The van der Waals surface area contributed by atoms with Crippen LogP contribution in [0.15, 0.2) is 0 Å². The Morgan fingerprint density at radius 1 is 1.30 bits per heavy atom. The molecule has 0 radical (unpaired) electrons. The highest BCUT2D eigenvalue weighted by Gasteiger charge is 2.10. The average Bonchev–Trinajstić information content (AvgIpc) is 2.39. The Hall–Kier alpha value is -1.44. The lowest BCUT2D eigenvalue weighted by molar-refractivity contribution is 0.672. The maximum Gasteiger partial charge on any atom is 0.231 e. The molecule has 20 heavy (non-hydrogen) atoms. The molecule has 2 atom stereocenters. The molecule has 0 bridgehead atoms. The topological polar surface area (TPSA) is 97.0 Å². The summed E-state index contributed by atoms with van der Waals surface area (Å²) in [4.78, 5) is 14.6.